The zero-order chi connectivity index (χ0) is 14.5. The lowest BCUT2D eigenvalue weighted by Crippen LogP contribution is -2.41. The summed E-state index contributed by atoms with van der Waals surface area (Å²) in [5.74, 6) is 5.68. The van der Waals surface area contributed by atoms with Crippen LogP contribution in [-0.2, 0) is 13.1 Å². The number of nitrogens with two attached hydrogens (primary N) is 1. The number of nitrogens with zero attached hydrogens (tertiary/aromatic N) is 3. The maximum absolute atomic E-state index is 12.4. The smallest absolute Gasteiger partial charge is 0.310 e. The minimum atomic E-state index is -0.379. The van der Waals surface area contributed by atoms with Crippen LogP contribution in [0.1, 0.15) is 18.9 Å². The van der Waals surface area contributed by atoms with E-state index in [9.17, 15) is 9.59 Å². The maximum Gasteiger partial charge on any atom is 0.332 e. The normalized spacial score (nSPS) is 10.5. The number of aromatic nitrogens is 3. The first-order chi connectivity index (χ1) is 9.67. The molecule has 2 rings (SSSR count). The van der Waals surface area contributed by atoms with Crippen LogP contribution in [0.5, 0.6) is 0 Å². The molecule has 3 N–H and O–H groups in total. The van der Waals surface area contributed by atoms with E-state index in [4.69, 9.17) is 5.84 Å². The Labute approximate surface area is 115 Å². The van der Waals surface area contributed by atoms with Gasteiger partial charge in [0.25, 0.3) is 5.56 Å². The highest BCUT2D eigenvalue weighted by atomic mass is 16.2. The van der Waals surface area contributed by atoms with Gasteiger partial charge in [0.1, 0.15) is 5.82 Å². The number of pyridine rings is 1. The predicted molar refractivity (Wildman–Crippen MR) is 76.4 cm³/mol. The van der Waals surface area contributed by atoms with Gasteiger partial charge in [-0.25, -0.2) is 10.6 Å². The second-order valence-electron chi connectivity index (χ2n) is 4.39. The van der Waals surface area contributed by atoms with E-state index in [1.807, 2.05) is 13.0 Å². The molecule has 2 aromatic heterocycles. The maximum atomic E-state index is 12.4. The molecule has 7 nitrogen and oxygen atoms in total. The van der Waals surface area contributed by atoms with Crippen LogP contribution in [0.25, 0.3) is 0 Å². The molecule has 7 heteroatoms. The van der Waals surface area contributed by atoms with Crippen molar-refractivity contribution in [3.63, 3.8) is 0 Å². The molecule has 0 aromatic carbocycles. The lowest BCUT2D eigenvalue weighted by Gasteiger charge is -2.14. The molecule has 0 unspecified atom stereocenters. The fraction of sp³-hybridized carbons (Fsp3) is 0.308. The van der Waals surface area contributed by atoms with Crippen molar-refractivity contribution in [1.29, 1.82) is 0 Å². The summed E-state index contributed by atoms with van der Waals surface area (Å²) in [7, 11) is 0. The summed E-state index contributed by atoms with van der Waals surface area (Å²) in [5.41, 5.74) is 2.52. The monoisotopic (exact) mass is 275 g/mol. The first-order valence-corrected chi connectivity index (χ1v) is 6.37. The Morgan fingerprint density at radius 1 is 1.35 bits per heavy atom. The lowest BCUT2D eigenvalue weighted by molar-refractivity contribution is 0.568. The Hall–Kier alpha value is -2.41. The van der Waals surface area contributed by atoms with E-state index in [1.54, 1.807) is 18.5 Å². The topological polar surface area (TPSA) is 94.9 Å². The molecule has 0 fully saturated rings. The molecule has 0 radical (unpaired) electrons. The van der Waals surface area contributed by atoms with E-state index in [2.05, 4.69) is 10.4 Å². The van der Waals surface area contributed by atoms with Crippen LogP contribution in [0.2, 0.25) is 0 Å². The average molecular weight is 275 g/mol. The third kappa shape index (κ3) is 2.77. The van der Waals surface area contributed by atoms with Gasteiger partial charge in [0, 0.05) is 25.0 Å². The number of hydrogen-bond donors (Lipinski definition) is 2. The molecule has 0 atom stereocenters. The Bertz CT molecular complexity index is 690. The highest BCUT2D eigenvalue weighted by Gasteiger charge is 2.10. The first-order valence-electron chi connectivity index (χ1n) is 6.37. The fourth-order valence-electron chi connectivity index (χ4n) is 1.99. The van der Waals surface area contributed by atoms with Crippen molar-refractivity contribution in [1.82, 2.24) is 14.1 Å². The van der Waals surface area contributed by atoms with Crippen molar-refractivity contribution in [3.05, 3.63) is 57.0 Å². The first kappa shape index (κ1) is 14.0. The molecule has 0 aliphatic carbocycles. The largest absolute Gasteiger partial charge is 0.332 e. The van der Waals surface area contributed by atoms with Gasteiger partial charge in [-0.2, -0.15) is 0 Å². The number of nitrogens with one attached hydrogen (secondary N) is 1. The van der Waals surface area contributed by atoms with Crippen LogP contribution >= 0.6 is 0 Å². The van der Waals surface area contributed by atoms with Gasteiger partial charge in [-0.3, -0.25) is 18.9 Å². The van der Waals surface area contributed by atoms with Crippen LogP contribution < -0.4 is 22.5 Å². The highest BCUT2D eigenvalue weighted by Crippen LogP contribution is 2.04. The Morgan fingerprint density at radius 2 is 2.15 bits per heavy atom. The van der Waals surface area contributed by atoms with Crippen molar-refractivity contribution in [2.24, 2.45) is 5.84 Å². The quantitative estimate of drug-likeness (QED) is 0.598. The summed E-state index contributed by atoms with van der Waals surface area (Å²) in [5, 5.41) is 0. The average Bonchev–Trinajstić information content (AvgIpc) is 2.47. The van der Waals surface area contributed by atoms with Crippen molar-refractivity contribution in [2.75, 3.05) is 5.43 Å². The molecule has 0 aliphatic heterocycles. The summed E-state index contributed by atoms with van der Waals surface area (Å²) >= 11 is 0. The predicted octanol–water partition coefficient (Wildman–Crippen LogP) is 0.149. The van der Waals surface area contributed by atoms with Crippen LogP contribution in [0, 0.1) is 0 Å². The summed E-state index contributed by atoms with van der Waals surface area (Å²) in [4.78, 5) is 28.2. The number of hydrazine groups is 1. The van der Waals surface area contributed by atoms with Gasteiger partial charge in [-0.05, 0) is 18.1 Å². The van der Waals surface area contributed by atoms with Crippen LogP contribution in [0.15, 0.2) is 40.2 Å². The summed E-state index contributed by atoms with van der Waals surface area (Å²) in [6.45, 7) is 2.60. The van der Waals surface area contributed by atoms with Gasteiger partial charge >= 0.3 is 5.69 Å². The van der Waals surface area contributed by atoms with Crippen LogP contribution in [0.4, 0.5) is 5.82 Å². The minimum absolute atomic E-state index is 0.288. The molecule has 2 heterocycles. The van der Waals surface area contributed by atoms with Gasteiger partial charge in [0.05, 0.1) is 6.54 Å². The van der Waals surface area contributed by atoms with Crippen molar-refractivity contribution in [3.8, 4) is 0 Å². The number of rotatable bonds is 5. The molecule has 0 saturated carbocycles. The van der Waals surface area contributed by atoms with Gasteiger partial charge in [0.15, 0.2) is 0 Å². The molecule has 0 amide bonds. The molecule has 2 aromatic rings. The van der Waals surface area contributed by atoms with Gasteiger partial charge < -0.3 is 5.43 Å². The zero-order valence-electron chi connectivity index (χ0n) is 11.2. The Balaban J connectivity index is 2.53. The zero-order valence-corrected chi connectivity index (χ0v) is 11.2. The molecule has 0 bridgehead atoms. The number of nitrogen functional groups attached to an aromatic ring is 1. The third-order valence-corrected chi connectivity index (χ3v) is 2.94. The van der Waals surface area contributed by atoms with Gasteiger partial charge in [-0.15, -0.1) is 0 Å². The SMILES string of the molecule is CCCn1c(=O)cc(NN)n(Cc2cccnc2)c1=O. The van der Waals surface area contributed by atoms with E-state index in [1.165, 1.54) is 15.2 Å². The van der Waals surface area contributed by atoms with E-state index in [0.717, 1.165) is 5.56 Å². The highest BCUT2D eigenvalue weighted by molar-refractivity contribution is 5.33. The minimum Gasteiger partial charge on any atom is -0.310 e. The molecule has 20 heavy (non-hydrogen) atoms. The fourth-order valence-corrected chi connectivity index (χ4v) is 1.99. The van der Waals surface area contributed by atoms with Gasteiger partial charge in [-0.1, -0.05) is 13.0 Å². The molecule has 0 aliphatic rings. The lowest BCUT2D eigenvalue weighted by atomic mass is 10.3. The Kier molecular flexibility index (Phi) is 4.31. The van der Waals surface area contributed by atoms with E-state index in [-0.39, 0.29) is 17.1 Å². The van der Waals surface area contributed by atoms with Crippen LogP contribution in [-0.4, -0.2) is 14.1 Å². The summed E-state index contributed by atoms with van der Waals surface area (Å²) in [6, 6.07) is 4.97. The molecule has 106 valence electrons. The number of anilines is 1. The Morgan fingerprint density at radius 3 is 2.75 bits per heavy atom. The van der Waals surface area contributed by atoms with E-state index >= 15 is 0 Å². The van der Waals surface area contributed by atoms with Crippen LogP contribution in [0.3, 0.4) is 0 Å². The second kappa shape index (κ2) is 6.16. The van der Waals surface area contributed by atoms with E-state index in [0.29, 0.717) is 19.5 Å². The van der Waals surface area contributed by atoms with E-state index < -0.39 is 0 Å². The summed E-state index contributed by atoms with van der Waals surface area (Å²) < 4.78 is 2.63. The standard InChI is InChI=1S/C13H17N5O2/c1-2-6-17-12(19)7-11(16-14)18(13(17)20)9-10-4-3-5-15-8-10/h3-5,7-8,16H,2,6,9,14H2,1H3. The second-order valence-corrected chi connectivity index (χ2v) is 4.39. The molecular weight excluding hydrogens is 258 g/mol. The van der Waals surface area contributed by atoms with Crippen molar-refractivity contribution in [2.45, 2.75) is 26.4 Å². The molecular formula is C13H17N5O2. The van der Waals surface area contributed by atoms with Crippen molar-refractivity contribution < 1.29 is 0 Å². The molecule has 0 saturated heterocycles. The summed E-state index contributed by atoms with van der Waals surface area (Å²) in [6.07, 6.45) is 4.03. The number of hydrogen-bond acceptors (Lipinski definition) is 5. The van der Waals surface area contributed by atoms with Gasteiger partial charge in [0.2, 0.25) is 0 Å². The molecule has 0 spiro atoms. The van der Waals surface area contributed by atoms with Crippen molar-refractivity contribution >= 4 is 5.82 Å². The third-order valence-electron chi connectivity index (χ3n) is 2.94.